The first-order chi connectivity index (χ1) is 8.16. The fraction of sp³-hybridized carbons (Fsp3) is 0.615. The van der Waals surface area contributed by atoms with Gasteiger partial charge in [0, 0.05) is 11.4 Å². The molecule has 1 aromatic rings. The number of hydrogen-bond donors (Lipinski definition) is 1. The van der Waals surface area contributed by atoms with Gasteiger partial charge in [0.15, 0.2) is 0 Å². The molecule has 0 saturated heterocycles. The van der Waals surface area contributed by atoms with Crippen molar-refractivity contribution in [1.29, 1.82) is 0 Å². The molecule has 1 aromatic heterocycles. The van der Waals surface area contributed by atoms with Crippen LogP contribution in [-0.4, -0.2) is 18.6 Å². The molecule has 0 aliphatic heterocycles. The molecule has 1 aliphatic carbocycles. The number of nitrogens with one attached hydrogen (secondary N) is 1. The number of ether oxygens (including phenoxy) is 1. The quantitative estimate of drug-likeness (QED) is 0.838. The molecule has 0 bridgehead atoms. The number of hydrogen-bond acceptors (Lipinski definition) is 4. The summed E-state index contributed by atoms with van der Waals surface area (Å²) in [5.74, 6) is 0.475. The number of thiophene rings is 1. The summed E-state index contributed by atoms with van der Waals surface area (Å²) >= 11 is 1.71. The average molecular weight is 253 g/mol. The van der Waals surface area contributed by atoms with Crippen molar-refractivity contribution in [2.45, 2.75) is 38.3 Å². The van der Waals surface area contributed by atoms with Crippen LogP contribution < -0.4 is 5.32 Å². The average Bonchev–Trinajstić information content (AvgIpc) is 2.95. The van der Waals surface area contributed by atoms with E-state index in [2.05, 4.69) is 23.7 Å². The van der Waals surface area contributed by atoms with E-state index < -0.39 is 5.54 Å². The van der Waals surface area contributed by atoms with Crippen molar-refractivity contribution < 1.29 is 9.53 Å². The minimum Gasteiger partial charge on any atom is -0.468 e. The molecule has 0 radical (unpaired) electrons. The highest BCUT2D eigenvalue weighted by molar-refractivity contribution is 7.09. The highest BCUT2D eigenvalue weighted by Crippen LogP contribution is 2.35. The van der Waals surface area contributed by atoms with Gasteiger partial charge >= 0.3 is 5.97 Å². The molecule has 3 nitrogen and oxygen atoms in total. The van der Waals surface area contributed by atoms with Gasteiger partial charge in [-0.05, 0) is 36.6 Å². The van der Waals surface area contributed by atoms with Crippen molar-refractivity contribution in [3.8, 4) is 0 Å². The summed E-state index contributed by atoms with van der Waals surface area (Å²) in [5.41, 5.74) is -0.460. The zero-order valence-electron chi connectivity index (χ0n) is 10.4. The Hall–Kier alpha value is -0.870. The van der Waals surface area contributed by atoms with E-state index in [9.17, 15) is 4.79 Å². The van der Waals surface area contributed by atoms with Crippen molar-refractivity contribution in [2.24, 2.45) is 5.92 Å². The molecule has 0 amide bonds. The van der Waals surface area contributed by atoms with Crippen LogP contribution in [0.3, 0.4) is 0 Å². The minimum atomic E-state index is -0.460. The second-order valence-electron chi connectivity index (χ2n) is 4.85. The third kappa shape index (κ3) is 2.69. The smallest absolute Gasteiger partial charge is 0.326 e. The van der Waals surface area contributed by atoms with E-state index >= 15 is 0 Å². The van der Waals surface area contributed by atoms with E-state index in [1.807, 2.05) is 6.07 Å². The molecule has 2 atom stereocenters. The lowest BCUT2D eigenvalue weighted by Crippen LogP contribution is -2.50. The van der Waals surface area contributed by atoms with Gasteiger partial charge in [-0.1, -0.05) is 13.0 Å². The monoisotopic (exact) mass is 253 g/mol. The van der Waals surface area contributed by atoms with Crippen molar-refractivity contribution in [2.75, 3.05) is 7.11 Å². The molecule has 17 heavy (non-hydrogen) atoms. The molecule has 1 fully saturated rings. The Morgan fingerprint density at radius 1 is 1.71 bits per heavy atom. The van der Waals surface area contributed by atoms with Crippen LogP contribution in [0.5, 0.6) is 0 Å². The Morgan fingerprint density at radius 3 is 3.06 bits per heavy atom. The second kappa shape index (κ2) is 5.19. The Bertz CT molecular complexity index is 377. The molecule has 0 aromatic carbocycles. The Balaban J connectivity index is 2.04. The SMILES string of the molecule is COC(=O)C1(NCc2cccs2)CCC(C)C1. The lowest BCUT2D eigenvalue weighted by molar-refractivity contribution is -0.148. The summed E-state index contributed by atoms with van der Waals surface area (Å²) in [6.07, 6.45) is 2.85. The van der Waals surface area contributed by atoms with Crippen LogP contribution >= 0.6 is 11.3 Å². The van der Waals surface area contributed by atoms with Crippen LogP contribution in [0.4, 0.5) is 0 Å². The fourth-order valence-electron chi connectivity index (χ4n) is 2.57. The van der Waals surface area contributed by atoms with E-state index in [1.54, 1.807) is 11.3 Å². The minimum absolute atomic E-state index is 0.113. The van der Waals surface area contributed by atoms with Gasteiger partial charge in [-0.25, -0.2) is 0 Å². The second-order valence-corrected chi connectivity index (χ2v) is 5.89. The third-order valence-corrected chi connectivity index (χ3v) is 4.39. The molecule has 1 N–H and O–H groups in total. The van der Waals surface area contributed by atoms with Crippen molar-refractivity contribution >= 4 is 17.3 Å². The van der Waals surface area contributed by atoms with Gasteiger partial charge < -0.3 is 4.74 Å². The van der Waals surface area contributed by atoms with Crippen LogP contribution in [0, 0.1) is 5.92 Å². The molecular weight excluding hydrogens is 234 g/mol. The van der Waals surface area contributed by atoms with Gasteiger partial charge in [-0.2, -0.15) is 0 Å². The summed E-state index contributed by atoms with van der Waals surface area (Å²) in [6, 6.07) is 4.12. The fourth-order valence-corrected chi connectivity index (χ4v) is 3.22. The van der Waals surface area contributed by atoms with Gasteiger partial charge in [-0.3, -0.25) is 10.1 Å². The summed E-state index contributed by atoms with van der Waals surface area (Å²) in [4.78, 5) is 13.2. The third-order valence-electron chi connectivity index (χ3n) is 3.52. The maximum Gasteiger partial charge on any atom is 0.326 e. The van der Waals surface area contributed by atoms with E-state index in [0.717, 1.165) is 25.8 Å². The zero-order chi connectivity index (χ0) is 12.3. The highest BCUT2D eigenvalue weighted by atomic mass is 32.1. The maximum atomic E-state index is 12.0. The molecule has 4 heteroatoms. The van der Waals surface area contributed by atoms with Crippen molar-refractivity contribution in [1.82, 2.24) is 5.32 Å². The summed E-state index contributed by atoms with van der Waals surface area (Å²) < 4.78 is 4.96. The lowest BCUT2D eigenvalue weighted by Gasteiger charge is -2.27. The normalized spacial score (nSPS) is 28.2. The molecule has 1 heterocycles. The Kier molecular flexibility index (Phi) is 3.84. The van der Waals surface area contributed by atoms with E-state index in [0.29, 0.717) is 5.92 Å². The zero-order valence-corrected chi connectivity index (χ0v) is 11.2. The first-order valence-corrected chi connectivity index (χ1v) is 6.90. The molecule has 2 rings (SSSR count). The molecule has 0 spiro atoms. The number of methoxy groups -OCH3 is 1. The van der Waals surface area contributed by atoms with E-state index in [4.69, 9.17) is 4.74 Å². The van der Waals surface area contributed by atoms with Gasteiger partial charge in [0.25, 0.3) is 0 Å². The van der Waals surface area contributed by atoms with Crippen LogP contribution in [0.15, 0.2) is 17.5 Å². The van der Waals surface area contributed by atoms with Crippen molar-refractivity contribution in [3.63, 3.8) is 0 Å². The lowest BCUT2D eigenvalue weighted by atomic mass is 9.96. The molecule has 1 aliphatic rings. The first-order valence-electron chi connectivity index (χ1n) is 6.02. The Morgan fingerprint density at radius 2 is 2.53 bits per heavy atom. The van der Waals surface area contributed by atoms with Crippen LogP contribution in [0.1, 0.15) is 31.1 Å². The summed E-state index contributed by atoms with van der Waals surface area (Å²) in [5, 5.41) is 5.47. The highest BCUT2D eigenvalue weighted by Gasteiger charge is 2.44. The van der Waals surface area contributed by atoms with Gasteiger partial charge in [0.2, 0.25) is 0 Å². The number of rotatable bonds is 4. The first kappa shape index (κ1) is 12.6. The summed E-state index contributed by atoms with van der Waals surface area (Å²) in [7, 11) is 1.47. The van der Waals surface area contributed by atoms with Crippen LogP contribution in [0.25, 0.3) is 0 Å². The molecule has 1 saturated carbocycles. The Labute approximate surface area is 106 Å². The standard InChI is InChI=1S/C13H19NO2S/c1-10-5-6-13(8-10,12(15)16-2)14-9-11-4-3-7-17-11/h3-4,7,10,14H,5-6,8-9H2,1-2H3. The molecule has 2 unspecified atom stereocenters. The summed E-state index contributed by atoms with van der Waals surface area (Å²) in [6.45, 7) is 2.94. The van der Waals surface area contributed by atoms with Crippen LogP contribution in [-0.2, 0) is 16.1 Å². The van der Waals surface area contributed by atoms with Crippen molar-refractivity contribution in [3.05, 3.63) is 22.4 Å². The molecular formula is C13H19NO2S. The van der Waals surface area contributed by atoms with Gasteiger partial charge in [0.05, 0.1) is 7.11 Å². The topological polar surface area (TPSA) is 38.3 Å². The predicted molar refractivity (Wildman–Crippen MR) is 68.9 cm³/mol. The van der Waals surface area contributed by atoms with E-state index in [-0.39, 0.29) is 5.97 Å². The van der Waals surface area contributed by atoms with E-state index in [1.165, 1.54) is 12.0 Å². The molecule has 94 valence electrons. The number of esters is 1. The number of carbonyl (C=O) groups excluding carboxylic acids is 1. The van der Waals surface area contributed by atoms with Crippen LogP contribution in [0.2, 0.25) is 0 Å². The van der Waals surface area contributed by atoms with Gasteiger partial charge in [0.1, 0.15) is 5.54 Å². The number of carbonyl (C=O) groups is 1. The maximum absolute atomic E-state index is 12.0. The largest absolute Gasteiger partial charge is 0.468 e. The predicted octanol–water partition coefficient (Wildman–Crippen LogP) is 2.57. The van der Waals surface area contributed by atoms with Gasteiger partial charge in [-0.15, -0.1) is 11.3 Å².